The third-order valence-corrected chi connectivity index (χ3v) is 5.12. The molecule has 2 unspecified atom stereocenters. The van der Waals surface area contributed by atoms with E-state index in [0.717, 1.165) is 30.7 Å². The predicted molar refractivity (Wildman–Crippen MR) is 88.0 cm³/mol. The van der Waals surface area contributed by atoms with E-state index >= 15 is 0 Å². The summed E-state index contributed by atoms with van der Waals surface area (Å²) in [5, 5.41) is 3.78. The monoisotopic (exact) mass is 287 g/mol. The lowest BCUT2D eigenvalue weighted by Crippen LogP contribution is -2.39. The average Bonchev–Trinajstić information content (AvgIpc) is 2.99. The molecule has 0 spiro atoms. The van der Waals surface area contributed by atoms with Gasteiger partial charge in [0.15, 0.2) is 0 Å². The van der Waals surface area contributed by atoms with E-state index in [1.54, 1.807) is 0 Å². The number of fused-ring (bicyclic) bond motifs is 1. The zero-order valence-electron chi connectivity index (χ0n) is 13.4. The van der Waals surface area contributed by atoms with Gasteiger partial charge >= 0.3 is 0 Å². The normalized spacial score (nSPS) is 24.6. The van der Waals surface area contributed by atoms with Gasteiger partial charge in [0, 0.05) is 12.5 Å². The van der Waals surface area contributed by atoms with Crippen molar-refractivity contribution in [3.05, 3.63) is 29.3 Å². The molecule has 1 saturated carbocycles. The van der Waals surface area contributed by atoms with Crippen LogP contribution in [-0.2, 0) is 12.8 Å². The zero-order chi connectivity index (χ0) is 14.5. The first-order chi connectivity index (χ1) is 10.4. The van der Waals surface area contributed by atoms with Crippen LogP contribution in [0.15, 0.2) is 18.2 Å². The van der Waals surface area contributed by atoms with Crippen LogP contribution < -0.4 is 10.1 Å². The van der Waals surface area contributed by atoms with Gasteiger partial charge in [0.05, 0.1) is 6.61 Å². The van der Waals surface area contributed by atoms with Gasteiger partial charge in [0.1, 0.15) is 5.75 Å². The summed E-state index contributed by atoms with van der Waals surface area (Å²) in [4.78, 5) is 0. The second kappa shape index (κ2) is 7.31. The van der Waals surface area contributed by atoms with Gasteiger partial charge in [0.25, 0.3) is 0 Å². The number of aryl methyl sites for hydroxylation is 1. The molecule has 0 saturated heterocycles. The highest BCUT2D eigenvalue weighted by Crippen LogP contribution is 2.30. The van der Waals surface area contributed by atoms with Gasteiger partial charge < -0.3 is 10.1 Å². The van der Waals surface area contributed by atoms with E-state index < -0.39 is 0 Å². The fourth-order valence-electron chi connectivity index (χ4n) is 3.90. The van der Waals surface area contributed by atoms with Crippen LogP contribution in [0, 0.1) is 5.92 Å². The summed E-state index contributed by atoms with van der Waals surface area (Å²) in [6, 6.07) is 7.57. The largest absolute Gasteiger partial charge is 0.493 e. The number of ether oxygens (including phenoxy) is 1. The molecule has 2 atom stereocenters. The van der Waals surface area contributed by atoms with Crippen LogP contribution in [0.3, 0.4) is 0 Å². The fourth-order valence-corrected chi connectivity index (χ4v) is 3.90. The molecule has 21 heavy (non-hydrogen) atoms. The highest BCUT2D eigenvalue weighted by Gasteiger charge is 2.24. The smallest absolute Gasteiger partial charge is 0.122 e. The SMILES string of the molecule is CCCNC1CCCCC1CCc1ccc2c(c1)CCO2. The second-order valence-corrected chi connectivity index (χ2v) is 6.68. The third-order valence-electron chi connectivity index (χ3n) is 5.12. The minimum Gasteiger partial charge on any atom is -0.493 e. The van der Waals surface area contributed by atoms with Gasteiger partial charge in [-0.2, -0.15) is 0 Å². The lowest BCUT2D eigenvalue weighted by Gasteiger charge is -2.32. The maximum absolute atomic E-state index is 5.60. The van der Waals surface area contributed by atoms with Crippen molar-refractivity contribution in [3.8, 4) is 5.75 Å². The number of hydrogen-bond donors (Lipinski definition) is 1. The van der Waals surface area contributed by atoms with Crippen LogP contribution in [0.2, 0.25) is 0 Å². The third kappa shape index (κ3) is 3.79. The summed E-state index contributed by atoms with van der Waals surface area (Å²) >= 11 is 0. The lowest BCUT2D eigenvalue weighted by molar-refractivity contribution is 0.250. The molecule has 0 bridgehead atoms. The Morgan fingerprint density at radius 3 is 3.05 bits per heavy atom. The van der Waals surface area contributed by atoms with Gasteiger partial charge in [-0.25, -0.2) is 0 Å². The standard InChI is InChI=1S/C19H29NO/c1-2-12-20-18-6-4-3-5-16(18)9-7-15-8-10-19-17(14-15)11-13-21-19/h8,10,14,16,18,20H,2-7,9,11-13H2,1H3. The molecular weight excluding hydrogens is 258 g/mol. The Hall–Kier alpha value is -1.02. The summed E-state index contributed by atoms with van der Waals surface area (Å²) in [5.74, 6) is 1.98. The van der Waals surface area contributed by atoms with Crippen molar-refractivity contribution in [2.45, 2.75) is 64.3 Å². The molecule has 1 N–H and O–H groups in total. The van der Waals surface area contributed by atoms with Crippen molar-refractivity contribution >= 4 is 0 Å². The maximum atomic E-state index is 5.60. The van der Waals surface area contributed by atoms with E-state index in [0.29, 0.717) is 0 Å². The van der Waals surface area contributed by atoms with Crippen LogP contribution in [-0.4, -0.2) is 19.2 Å². The van der Waals surface area contributed by atoms with E-state index in [1.807, 2.05) is 0 Å². The van der Waals surface area contributed by atoms with Crippen molar-refractivity contribution in [3.63, 3.8) is 0 Å². The molecule has 0 aromatic heterocycles. The average molecular weight is 287 g/mol. The molecule has 2 nitrogen and oxygen atoms in total. The van der Waals surface area contributed by atoms with E-state index in [1.165, 1.54) is 62.6 Å². The van der Waals surface area contributed by atoms with Crippen LogP contribution in [0.1, 0.15) is 56.6 Å². The van der Waals surface area contributed by atoms with Crippen LogP contribution in [0.4, 0.5) is 0 Å². The summed E-state index contributed by atoms with van der Waals surface area (Å²) in [7, 11) is 0. The Kier molecular flexibility index (Phi) is 5.18. The Labute approximate surface area is 129 Å². The van der Waals surface area contributed by atoms with Gasteiger partial charge in [-0.05, 0) is 61.8 Å². The van der Waals surface area contributed by atoms with E-state index in [9.17, 15) is 0 Å². The highest BCUT2D eigenvalue weighted by atomic mass is 16.5. The molecule has 1 aromatic rings. The van der Waals surface area contributed by atoms with Crippen LogP contribution in [0.25, 0.3) is 0 Å². The molecule has 2 heteroatoms. The Morgan fingerprint density at radius 2 is 2.14 bits per heavy atom. The molecule has 0 radical (unpaired) electrons. The molecular formula is C19H29NO. The first-order valence-corrected chi connectivity index (χ1v) is 8.85. The van der Waals surface area contributed by atoms with Gasteiger partial charge in [-0.1, -0.05) is 31.9 Å². The van der Waals surface area contributed by atoms with Crippen molar-refractivity contribution in [1.82, 2.24) is 5.32 Å². The van der Waals surface area contributed by atoms with Gasteiger partial charge in [-0.3, -0.25) is 0 Å². The highest BCUT2D eigenvalue weighted by molar-refractivity contribution is 5.39. The summed E-state index contributed by atoms with van der Waals surface area (Å²) in [6.07, 6.45) is 10.5. The molecule has 1 aromatic carbocycles. The van der Waals surface area contributed by atoms with Gasteiger partial charge in [0.2, 0.25) is 0 Å². The number of rotatable bonds is 6. The van der Waals surface area contributed by atoms with E-state index in [-0.39, 0.29) is 0 Å². The Bertz CT molecular complexity index is 457. The molecule has 1 aliphatic heterocycles. The number of hydrogen-bond acceptors (Lipinski definition) is 2. The molecule has 116 valence electrons. The van der Waals surface area contributed by atoms with Crippen molar-refractivity contribution in [2.75, 3.05) is 13.2 Å². The Balaban J connectivity index is 1.55. The van der Waals surface area contributed by atoms with Crippen molar-refractivity contribution in [1.29, 1.82) is 0 Å². The van der Waals surface area contributed by atoms with E-state index in [4.69, 9.17) is 4.74 Å². The predicted octanol–water partition coefficient (Wildman–Crippen LogP) is 4.11. The molecule has 1 fully saturated rings. The molecule has 2 aliphatic rings. The first kappa shape index (κ1) is 14.9. The quantitative estimate of drug-likeness (QED) is 0.850. The van der Waals surface area contributed by atoms with Crippen LogP contribution >= 0.6 is 0 Å². The first-order valence-electron chi connectivity index (χ1n) is 8.85. The maximum Gasteiger partial charge on any atom is 0.122 e. The van der Waals surface area contributed by atoms with Gasteiger partial charge in [-0.15, -0.1) is 0 Å². The van der Waals surface area contributed by atoms with Crippen molar-refractivity contribution in [2.24, 2.45) is 5.92 Å². The second-order valence-electron chi connectivity index (χ2n) is 6.68. The molecule has 1 aliphatic carbocycles. The molecule has 1 heterocycles. The summed E-state index contributed by atoms with van der Waals surface area (Å²) < 4.78 is 5.60. The van der Waals surface area contributed by atoms with E-state index in [2.05, 4.69) is 30.4 Å². The number of nitrogens with one attached hydrogen (secondary N) is 1. The molecule has 0 amide bonds. The summed E-state index contributed by atoms with van der Waals surface area (Å²) in [6.45, 7) is 4.30. The fraction of sp³-hybridized carbons (Fsp3) is 0.684. The minimum atomic E-state index is 0.761. The number of benzene rings is 1. The van der Waals surface area contributed by atoms with Crippen LogP contribution in [0.5, 0.6) is 5.75 Å². The van der Waals surface area contributed by atoms with Crippen molar-refractivity contribution < 1.29 is 4.74 Å². The Morgan fingerprint density at radius 1 is 1.24 bits per heavy atom. The topological polar surface area (TPSA) is 21.3 Å². The molecule has 3 rings (SSSR count). The summed E-state index contributed by atoms with van der Waals surface area (Å²) in [5.41, 5.74) is 2.91. The minimum absolute atomic E-state index is 0.761. The zero-order valence-corrected chi connectivity index (χ0v) is 13.4. The lowest BCUT2D eigenvalue weighted by atomic mass is 9.81.